The van der Waals surface area contributed by atoms with Crippen molar-refractivity contribution in [1.29, 1.82) is 0 Å². The van der Waals surface area contributed by atoms with Crippen molar-refractivity contribution in [2.75, 3.05) is 19.7 Å². The fraction of sp³-hybridized carbons (Fsp3) is 0.440. The van der Waals surface area contributed by atoms with Gasteiger partial charge in [-0.3, -0.25) is 9.59 Å². The van der Waals surface area contributed by atoms with Gasteiger partial charge >= 0.3 is 0 Å². The highest BCUT2D eigenvalue weighted by atomic mass is 16.5. The first-order valence-corrected chi connectivity index (χ1v) is 10.9. The van der Waals surface area contributed by atoms with Crippen LogP contribution >= 0.6 is 0 Å². The Morgan fingerprint density at radius 2 is 1.67 bits per heavy atom. The molecule has 0 radical (unpaired) electrons. The predicted octanol–water partition coefficient (Wildman–Crippen LogP) is 4.13. The molecule has 0 bridgehead atoms. The summed E-state index contributed by atoms with van der Waals surface area (Å²) >= 11 is 0. The Morgan fingerprint density at radius 3 is 2.33 bits per heavy atom. The van der Waals surface area contributed by atoms with Crippen LogP contribution in [-0.4, -0.2) is 42.5 Å². The lowest BCUT2D eigenvalue weighted by molar-refractivity contribution is 0.0659. The number of nitrogens with one attached hydrogen (secondary N) is 1. The molecule has 0 unspecified atom stereocenters. The smallest absolute Gasteiger partial charge is 0.255 e. The molecule has 0 atom stereocenters. The summed E-state index contributed by atoms with van der Waals surface area (Å²) in [6.07, 6.45) is 3.95. The lowest BCUT2D eigenvalue weighted by Crippen LogP contribution is -2.39. The molecular weight excluding hydrogens is 376 g/mol. The van der Waals surface area contributed by atoms with Gasteiger partial charge in [-0.25, -0.2) is 0 Å². The molecule has 1 saturated heterocycles. The van der Waals surface area contributed by atoms with Crippen LogP contribution in [0.25, 0.3) is 0 Å². The van der Waals surface area contributed by atoms with Gasteiger partial charge in [-0.05, 0) is 69.7 Å². The third kappa shape index (κ3) is 5.02. The predicted molar refractivity (Wildman–Crippen MR) is 117 cm³/mol. The van der Waals surface area contributed by atoms with Crippen molar-refractivity contribution in [1.82, 2.24) is 10.2 Å². The highest BCUT2D eigenvalue weighted by Gasteiger charge is 2.26. The topological polar surface area (TPSA) is 58.6 Å². The molecular formula is C25H30N2O3. The first kappa shape index (κ1) is 20.5. The number of likely N-dealkylation sites (tertiary alicyclic amines) is 1. The number of benzene rings is 2. The SMILES string of the molecule is Cc1cc(C)cc(C(=O)N2CCC(COc3ccccc3C(=O)NC3CC3)CC2)c1. The number of aryl methyl sites for hydroxylation is 2. The Hall–Kier alpha value is -2.82. The molecule has 0 spiro atoms. The Bertz CT molecular complexity index is 907. The van der Waals surface area contributed by atoms with E-state index in [0.29, 0.717) is 29.9 Å². The van der Waals surface area contributed by atoms with Crippen molar-refractivity contribution in [3.8, 4) is 5.75 Å². The van der Waals surface area contributed by atoms with Crippen LogP contribution in [0.5, 0.6) is 5.75 Å². The minimum atomic E-state index is -0.0537. The van der Waals surface area contributed by atoms with Crippen molar-refractivity contribution in [3.63, 3.8) is 0 Å². The lowest BCUT2D eigenvalue weighted by atomic mass is 9.96. The number of rotatable bonds is 6. The van der Waals surface area contributed by atoms with Gasteiger partial charge in [0.15, 0.2) is 0 Å². The van der Waals surface area contributed by atoms with Gasteiger partial charge in [-0.15, -0.1) is 0 Å². The van der Waals surface area contributed by atoms with E-state index >= 15 is 0 Å². The van der Waals surface area contributed by atoms with E-state index in [9.17, 15) is 9.59 Å². The second-order valence-electron chi connectivity index (χ2n) is 8.67. The maximum atomic E-state index is 12.9. The number of carbonyl (C=O) groups excluding carboxylic acids is 2. The minimum absolute atomic E-state index is 0.0537. The Balaban J connectivity index is 1.30. The number of ether oxygens (including phenoxy) is 1. The maximum absolute atomic E-state index is 12.9. The number of para-hydroxylation sites is 1. The van der Waals surface area contributed by atoms with E-state index < -0.39 is 0 Å². The number of amides is 2. The quantitative estimate of drug-likeness (QED) is 0.785. The zero-order valence-corrected chi connectivity index (χ0v) is 17.8. The van der Waals surface area contributed by atoms with E-state index in [1.54, 1.807) is 0 Å². The third-order valence-electron chi connectivity index (χ3n) is 5.89. The van der Waals surface area contributed by atoms with Gasteiger partial charge in [-0.2, -0.15) is 0 Å². The summed E-state index contributed by atoms with van der Waals surface area (Å²) in [5.41, 5.74) is 3.61. The number of carbonyl (C=O) groups is 2. The van der Waals surface area contributed by atoms with Crippen LogP contribution in [-0.2, 0) is 0 Å². The van der Waals surface area contributed by atoms with E-state index in [1.165, 1.54) is 0 Å². The van der Waals surface area contributed by atoms with Crippen LogP contribution in [0.1, 0.15) is 57.5 Å². The highest BCUT2D eigenvalue weighted by molar-refractivity contribution is 5.97. The van der Waals surface area contributed by atoms with Crippen molar-refractivity contribution >= 4 is 11.8 Å². The van der Waals surface area contributed by atoms with E-state index in [1.807, 2.05) is 55.1 Å². The maximum Gasteiger partial charge on any atom is 0.255 e. The lowest BCUT2D eigenvalue weighted by Gasteiger charge is -2.32. The third-order valence-corrected chi connectivity index (χ3v) is 5.89. The number of hydrogen-bond acceptors (Lipinski definition) is 3. The Labute approximate surface area is 178 Å². The summed E-state index contributed by atoms with van der Waals surface area (Å²) in [5.74, 6) is 1.09. The van der Waals surface area contributed by atoms with Gasteiger partial charge in [0.05, 0.1) is 12.2 Å². The molecule has 5 heteroatoms. The molecule has 2 aliphatic rings. The van der Waals surface area contributed by atoms with E-state index in [0.717, 1.165) is 55.5 Å². The highest BCUT2D eigenvalue weighted by Crippen LogP contribution is 2.25. The molecule has 30 heavy (non-hydrogen) atoms. The largest absolute Gasteiger partial charge is 0.492 e. The van der Waals surface area contributed by atoms with E-state index in [2.05, 4.69) is 11.4 Å². The summed E-state index contributed by atoms with van der Waals surface area (Å²) in [5, 5.41) is 3.03. The van der Waals surface area contributed by atoms with Crippen molar-refractivity contribution in [2.45, 2.75) is 45.6 Å². The summed E-state index contributed by atoms with van der Waals surface area (Å²) in [6.45, 7) is 6.10. The van der Waals surface area contributed by atoms with Crippen LogP contribution in [0.15, 0.2) is 42.5 Å². The molecule has 1 aliphatic heterocycles. The molecule has 1 saturated carbocycles. The monoisotopic (exact) mass is 406 g/mol. The normalized spacial score (nSPS) is 16.9. The Morgan fingerprint density at radius 1 is 1.00 bits per heavy atom. The summed E-state index contributed by atoms with van der Waals surface area (Å²) in [6, 6.07) is 13.8. The molecule has 2 amide bonds. The first-order chi connectivity index (χ1) is 14.5. The second-order valence-corrected chi connectivity index (χ2v) is 8.67. The second kappa shape index (κ2) is 8.90. The van der Waals surface area contributed by atoms with Crippen molar-refractivity contribution < 1.29 is 14.3 Å². The van der Waals surface area contributed by atoms with Gasteiger partial charge < -0.3 is 15.0 Å². The Kier molecular flexibility index (Phi) is 6.07. The fourth-order valence-electron chi connectivity index (χ4n) is 4.06. The average Bonchev–Trinajstić information content (AvgIpc) is 3.55. The van der Waals surface area contributed by atoms with Crippen molar-refractivity contribution in [3.05, 3.63) is 64.7 Å². The van der Waals surface area contributed by atoms with Gasteiger partial charge in [0.1, 0.15) is 5.75 Å². The number of piperidine rings is 1. The molecule has 1 heterocycles. The van der Waals surface area contributed by atoms with Crippen LogP contribution in [0.3, 0.4) is 0 Å². The van der Waals surface area contributed by atoms with Crippen LogP contribution in [0, 0.1) is 19.8 Å². The molecule has 1 aliphatic carbocycles. The first-order valence-electron chi connectivity index (χ1n) is 10.9. The van der Waals surface area contributed by atoms with E-state index in [4.69, 9.17) is 4.74 Å². The average molecular weight is 407 g/mol. The molecule has 5 nitrogen and oxygen atoms in total. The van der Waals surface area contributed by atoms with Gasteiger partial charge in [0, 0.05) is 24.7 Å². The summed E-state index contributed by atoms with van der Waals surface area (Å²) in [4.78, 5) is 27.2. The molecule has 158 valence electrons. The summed E-state index contributed by atoms with van der Waals surface area (Å²) < 4.78 is 6.05. The van der Waals surface area contributed by atoms with Crippen LogP contribution in [0.2, 0.25) is 0 Å². The molecule has 2 aromatic rings. The number of hydrogen-bond donors (Lipinski definition) is 1. The molecule has 1 N–H and O–H groups in total. The standard InChI is InChI=1S/C25H30N2O3/c1-17-13-18(2)15-20(14-17)25(29)27-11-9-19(10-12-27)16-30-23-6-4-3-5-22(23)24(28)26-21-7-8-21/h3-6,13-15,19,21H,7-12,16H2,1-2H3,(H,26,28). The fourth-order valence-corrected chi connectivity index (χ4v) is 4.06. The van der Waals surface area contributed by atoms with E-state index in [-0.39, 0.29) is 11.8 Å². The molecule has 0 aromatic heterocycles. The molecule has 4 rings (SSSR count). The van der Waals surface area contributed by atoms with Crippen LogP contribution in [0.4, 0.5) is 0 Å². The van der Waals surface area contributed by atoms with Gasteiger partial charge in [-0.1, -0.05) is 29.3 Å². The zero-order valence-electron chi connectivity index (χ0n) is 17.8. The van der Waals surface area contributed by atoms with Crippen molar-refractivity contribution in [2.24, 2.45) is 5.92 Å². The van der Waals surface area contributed by atoms with Gasteiger partial charge in [0.2, 0.25) is 0 Å². The summed E-state index contributed by atoms with van der Waals surface area (Å²) in [7, 11) is 0. The van der Waals surface area contributed by atoms with Crippen LogP contribution < -0.4 is 10.1 Å². The van der Waals surface area contributed by atoms with Gasteiger partial charge in [0.25, 0.3) is 11.8 Å². The number of nitrogens with zero attached hydrogens (tertiary/aromatic N) is 1. The molecule has 2 aromatic carbocycles. The molecule has 2 fully saturated rings. The zero-order chi connectivity index (χ0) is 21.1. The minimum Gasteiger partial charge on any atom is -0.492 e.